The molecule has 2 bridgehead atoms. The molecule has 2 aliphatic heterocycles. The summed E-state index contributed by atoms with van der Waals surface area (Å²) in [5.41, 5.74) is 6.20. The molecule has 5 aliphatic rings. The van der Waals surface area contributed by atoms with E-state index in [-0.39, 0.29) is 118 Å². The summed E-state index contributed by atoms with van der Waals surface area (Å²) >= 11 is 16.7. The van der Waals surface area contributed by atoms with Crippen molar-refractivity contribution in [2.75, 3.05) is 18.2 Å². The van der Waals surface area contributed by atoms with Crippen LogP contribution in [0.3, 0.4) is 0 Å². The van der Waals surface area contributed by atoms with Gasteiger partial charge in [0.2, 0.25) is 0 Å². The van der Waals surface area contributed by atoms with Crippen LogP contribution in [0.15, 0.2) is 118 Å². The molecule has 1 amide bonds. The van der Waals surface area contributed by atoms with Crippen LogP contribution >= 0.6 is 57.1 Å². The number of hydrogen-bond acceptors (Lipinski definition) is 24. The number of thiazole rings is 2. The normalized spacial score (nSPS) is 19.0. The number of benzene rings is 4. The van der Waals surface area contributed by atoms with Crippen LogP contribution < -0.4 is 20.4 Å². The molecular formula is C74H86B3Cl3N6O19S2. The van der Waals surface area contributed by atoms with Crippen molar-refractivity contribution in [3.63, 3.8) is 0 Å². The Labute approximate surface area is 644 Å². The largest absolute Gasteiger partial charge is 0.535 e. The Morgan fingerprint density at radius 2 is 1.31 bits per heavy atom. The Bertz CT molecular complexity index is 4330. The molecule has 4 aromatic carbocycles. The van der Waals surface area contributed by atoms with E-state index in [9.17, 15) is 43.7 Å². The van der Waals surface area contributed by atoms with E-state index in [1.54, 1.807) is 91.3 Å². The van der Waals surface area contributed by atoms with Gasteiger partial charge < -0.3 is 63.6 Å². The van der Waals surface area contributed by atoms with E-state index >= 15 is 0 Å². The van der Waals surface area contributed by atoms with Crippen LogP contribution in [0.2, 0.25) is 11.6 Å². The summed E-state index contributed by atoms with van der Waals surface area (Å²) in [6.45, 7) is 22.8. The molecular weight excluding hydrogens is 1480 g/mol. The van der Waals surface area contributed by atoms with Gasteiger partial charge in [0, 0.05) is 47.4 Å². The van der Waals surface area contributed by atoms with Crippen LogP contribution in [-0.2, 0) is 78.4 Å². The van der Waals surface area contributed by atoms with Gasteiger partial charge >= 0.3 is 49.2 Å². The maximum atomic E-state index is 14.9. The summed E-state index contributed by atoms with van der Waals surface area (Å²) in [5, 5.41) is 44.0. The first kappa shape index (κ1) is 84.0. The van der Waals surface area contributed by atoms with Crippen LogP contribution in [0.5, 0.6) is 11.5 Å². The molecule has 4 fully saturated rings. The van der Waals surface area contributed by atoms with Gasteiger partial charge in [0.15, 0.2) is 33.3 Å². The Morgan fingerprint density at radius 3 is 1.86 bits per heavy atom. The van der Waals surface area contributed by atoms with Gasteiger partial charge in [0.05, 0.1) is 18.8 Å². The second kappa shape index (κ2) is 36.1. The van der Waals surface area contributed by atoms with E-state index in [0.29, 0.717) is 22.6 Å². The number of ketones is 2. The number of ether oxygens (including phenoxy) is 4. The number of nitrogen functional groups attached to an aromatic ring is 1. The molecule has 6 aromatic rings. The van der Waals surface area contributed by atoms with Gasteiger partial charge in [0.1, 0.15) is 64.0 Å². The predicted octanol–water partition coefficient (Wildman–Crippen LogP) is 14.6. The van der Waals surface area contributed by atoms with Crippen molar-refractivity contribution in [2.24, 2.45) is 27.6 Å². The first-order chi connectivity index (χ1) is 50.2. The van der Waals surface area contributed by atoms with Gasteiger partial charge in [-0.05, 0) is 158 Å². The maximum Gasteiger partial charge on any atom is 0.526 e. The number of nitrogens with two attached hydrogens (primary N) is 1. The number of carbonyl (C=O) groups excluding carboxylic acids is 5. The highest BCUT2D eigenvalue weighted by Crippen LogP contribution is 2.66. The number of fused-ring (bicyclic) bond motifs is 1. The van der Waals surface area contributed by atoms with E-state index in [2.05, 4.69) is 46.4 Å². The molecule has 3 aliphatic carbocycles. The minimum atomic E-state index is -1.50. The molecule has 1 saturated heterocycles. The average molecular weight is 1570 g/mol. The first-order valence-electron chi connectivity index (χ1n) is 34.2. The van der Waals surface area contributed by atoms with Gasteiger partial charge in [-0.1, -0.05) is 109 Å². The van der Waals surface area contributed by atoms with Crippen LogP contribution in [0, 0.1) is 17.3 Å². The molecule has 3 saturated carbocycles. The number of Topliss-reactive ketones (excluding diaryl/α,β-unsaturated/α-hetero) is 2. The summed E-state index contributed by atoms with van der Waals surface area (Å²) < 4.78 is 42.3. The number of carboxylic acids is 2. The van der Waals surface area contributed by atoms with Gasteiger partial charge in [-0.3, -0.25) is 14.9 Å². The van der Waals surface area contributed by atoms with Crippen molar-refractivity contribution in [1.29, 1.82) is 0 Å². The fourth-order valence-electron chi connectivity index (χ4n) is 13.0. The number of rotatable bonds is 25. The molecule has 1 unspecified atom stereocenters. The third-order valence-electron chi connectivity index (χ3n) is 17.7. The number of halogens is 3. The Hall–Kier alpha value is -8.61. The Kier molecular flexibility index (Phi) is 28.3. The molecule has 568 valence electrons. The lowest BCUT2D eigenvalue weighted by molar-refractivity contribution is -0.199. The monoisotopic (exact) mass is 1560 g/mol. The van der Waals surface area contributed by atoms with Crippen molar-refractivity contribution in [2.45, 2.75) is 175 Å². The Morgan fingerprint density at radius 1 is 0.748 bits per heavy atom. The summed E-state index contributed by atoms with van der Waals surface area (Å²) in [7, 11) is -0.881. The molecule has 4 heterocycles. The van der Waals surface area contributed by atoms with E-state index in [1.807, 2.05) is 60.7 Å². The zero-order chi connectivity index (χ0) is 78.5. The molecule has 0 radical (unpaired) electrons. The minimum Gasteiger partial charge on any atom is -0.535 e. The van der Waals surface area contributed by atoms with Crippen molar-refractivity contribution in [3.05, 3.63) is 164 Å². The highest BCUT2D eigenvalue weighted by Gasteiger charge is 2.68. The lowest BCUT2D eigenvalue weighted by Gasteiger charge is -2.64. The van der Waals surface area contributed by atoms with Crippen LogP contribution in [0.25, 0.3) is 12.2 Å². The molecule has 25 nitrogen and oxygen atoms in total. The summed E-state index contributed by atoms with van der Waals surface area (Å²) in [5.74, 6) is -5.23. The zero-order valence-corrected chi connectivity index (χ0v) is 65.4. The van der Waals surface area contributed by atoms with Crippen molar-refractivity contribution < 1.29 is 91.4 Å². The SMILES string of the molecule is COc1c(C[C@H](CC(=O)/C(=N\OCc2ccccc2)c2csc(NC(=O)OC(C)(C)C)n2)B2OC3C[C@@H]4C[C@@H](C4(C)C)[C@]3(C)O2)ccc(/C=C/C(=O)OC(C)(C)C)c1C(=O)OC(C)(C)C.ClB(Cl)Cl.Nc1nc(/C(=N/OCc2ccccc2)C(=O)C[C@H]2Cc3ccc(/C=C/C(=O)O)c(C(=O)O)c3OB2O)cs1. The highest BCUT2D eigenvalue weighted by molar-refractivity contribution is 7.54. The number of carboxylic acid groups (broad SMARTS) is 2. The topological polar surface area (TPSA) is 352 Å². The van der Waals surface area contributed by atoms with E-state index in [4.69, 9.17) is 87.8 Å². The average Bonchev–Trinajstić information content (AvgIpc) is 1.63. The van der Waals surface area contributed by atoms with Crippen LogP contribution in [0.1, 0.15) is 174 Å². The summed E-state index contributed by atoms with van der Waals surface area (Å²) in [4.78, 5) is 110. The van der Waals surface area contributed by atoms with Crippen molar-refractivity contribution in [3.8, 4) is 11.5 Å². The molecule has 2 aromatic heterocycles. The number of nitrogens with one attached hydrogen (secondary N) is 1. The van der Waals surface area contributed by atoms with Gasteiger partial charge in [0.25, 0.3) is 0 Å². The van der Waals surface area contributed by atoms with Crippen LogP contribution in [-0.4, -0.2) is 133 Å². The second-order valence-corrected chi connectivity index (χ2v) is 33.2. The lowest BCUT2D eigenvalue weighted by Crippen LogP contribution is -2.65. The second-order valence-electron chi connectivity index (χ2n) is 29.5. The lowest BCUT2D eigenvalue weighted by atomic mass is 9.43. The predicted molar refractivity (Wildman–Crippen MR) is 413 cm³/mol. The molecule has 33 heteroatoms. The van der Waals surface area contributed by atoms with Gasteiger partial charge in [-0.15, -0.1) is 22.7 Å². The number of aromatic carboxylic acids is 1. The number of aliphatic carboxylic acids is 1. The number of nitrogens with zero attached hydrogens (tertiary/aromatic N) is 4. The van der Waals surface area contributed by atoms with Gasteiger partial charge in [-0.25, -0.2) is 33.9 Å². The fourth-order valence-corrected chi connectivity index (χ4v) is 14.2. The van der Waals surface area contributed by atoms with E-state index < -0.39 is 94.8 Å². The molecule has 6 N–H and O–H groups in total. The Balaban J connectivity index is 0.000000290. The zero-order valence-electron chi connectivity index (χ0n) is 61.5. The van der Waals surface area contributed by atoms with Gasteiger partial charge in [-0.2, -0.15) is 34.4 Å². The molecule has 0 spiro atoms. The number of oxime groups is 2. The first-order valence-corrected chi connectivity index (χ1v) is 37.2. The van der Waals surface area contributed by atoms with Crippen molar-refractivity contribution in [1.82, 2.24) is 9.97 Å². The summed E-state index contributed by atoms with van der Waals surface area (Å²) in [6.07, 6.45) is 5.62. The molecule has 107 heavy (non-hydrogen) atoms. The third kappa shape index (κ3) is 23.2. The smallest absolute Gasteiger partial charge is 0.526 e. The third-order valence-corrected chi connectivity index (χ3v) is 19.2. The summed E-state index contributed by atoms with van der Waals surface area (Å²) in [6, 6.07) is 25.2. The minimum absolute atomic E-state index is 0.0616. The number of hydrogen-bond donors (Lipinski definition) is 5. The van der Waals surface area contributed by atoms with E-state index in [0.717, 1.165) is 58.8 Å². The van der Waals surface area contributed by atoms with Crippen molar-refractivity contribution >= 4 is 152 Å². The highest BCUT2D eigenvalue weighted by atomic mass is 35.6. The molecule has 6 atom stereocenters. The van der Waals surface area contributed by atoms with E-state index in [1.165, 1.54) is 25.3 Å². The number of esters is 2. The van der Waals surface area contributed by atoms with Crippen LogP contribution in [0.4, 0.5) is 15.1 Å². The molecule has 11 rings (SSSR count). The maximum absolute atomic E-state index is 14.9. The number of carbonyl (C=O) groups is 7. The number of anilines is 2. The fraction of sp³-hybridized carbons (Fsp3) is 0.419. The quantitative estimate of drug-likeness (QED) is 0.00887. The number of amides is 1. The number of methoxy groups -OCH3 is 1. The number of aromatic nitrogens is 2. The standard InChI is InChI=1S/C49H64BN3O11S.C25H22BN3O8S.BCl3/c1-45(2,3)60-38(55)22-21-30-19-20-31(41(58-13)39(30)42(56)61-46(4,5)6)23-33(50-63-37-25-32-24-36(48(32,10)11)49(37,12)64-50)26-35(54)40(53-59-27-29-17-15-14-16-18-29)34-28-65-43(51-34)52-44(57)62-47(7,8)9;27-25-28-18(13-38-25)22(29-36-12-14-4-2-1-3-5-14)19(30)11-17-10-16-7-6-15(8-9-20(31)32)21(24(33)34)23(16)37-26(17)35;2-1(3)4/h14-22,28,32-33,36-37H,23-27H2,1-13H3,(H,51,52,57);1-9,13,17,35H,10-12H2,(H2,27,28)(H,31,32)(H,33,34);/b22-21+,53-40-;9-8+,29-22-;/t32-,33+,36-,37?,49-;17-;/m01./s1.